The van der Waals surface area contributed by atoms with Crippen LogP contribution in [0.3, 0.4) is 0 Å². The first-order valence-electron chi connectivity index (χ1n) is 7.73. The van der Waals surface area contributed by atoms with Crippen LogP contribution >= 0.6 is 11.8 Å². The molecule has 0 saturated heterocycles. The Morgan fingerprint density at radius 1 is 1.29 bits per heavy atom. The molecule has 0 atom stereocenters. The fourth-order valence-corrected chi connectivity index (χ4v) is 3.06. The van der Waals surface area contributed by atoms with Crippen molar-refractivity contribution in [1.29, 1.82) is 0 Å². The van der Waals surface area contributed by atoms with Crippen molar-refractivity contribution in [2.45, 2.75) is 20.3 Å². The topological polar surface area (TPSA) is 84.2 Å². The zero-order valence-corrected chi connectivity index (χ0v) is 14.5. The van der Waals surface area contributed by atoms with E-state index in [1.807, 2.05) is 12.1 Å². The standard InChI is InChI=1S/C17H21N3O3S/c1-12(2)8-10-24-11-16(21)18-13-5-3-4-6-15(13)20-9-7-14(19-20)17(22)23/h3-7,9,12H,8,10-11H2,1-2H3,(H,18,21)(H,22,23). The van der Waals surface area contributed by atoms with Gasteiger partial charge in [-0.05, 0) is 36.3 Å². The lowest BCUT2D eigenvalue weighted by atomic mass is 10.2. The summed E-state index contributed by atoms with van der Waals surface area (Å²) in [7, 11) is 0. The molecule has 1 heterocycles. The summed E-state index contributed by atoms with van der Waals surface area (Å²) in [6, 6.07) is 8.59. The Kier molecular flexibility index (Phi) is 6.43. The number of para-hydroxylation sites is 2. The number of carbonyl (C=O) groups excluding carboxylic acids is 1. The second kappa shape index (κ2) is 8.54. The Bertz CT molecular complexity index is 713. The van der Waals surface area contributed by atoms with Crippen LogP contribution in [0.5, 0.6) is 0 Å². The molecule has 0 saturated carbocycles. The molecule has 0 aliphatic heterocycles. The van der Waals surface area contributed by atoms with E-state index < -0.39 is 5.97 Å². The lowest BCUT2D eigenvalue weighted by molar-refractivity contribution is -0.113. The Balaban J connectivity index is 2.03. The molecule has 1 amide bonds. The number of carboxylic acids is 1. The van der Waals surface area contributed by atoms with Crippen molar-refractivity contribution in [3.8, 4) is 5.69 Å². The van der Waals surface area contributed by atoms with Gasteiger partial charge in [-0.3, -0.25) is 4.79 Å². The molecular weight excluding hydrogens is 326 g/mol. The van der Waals surface area contributed by atoms with Crippen LogP contribution in [0.1, 0.15) is 30.8 Å². The molecule has 0 aliphatic carbocycles. The third kappa shape index (κ3) is 5.13. The highest BCUT2D eigenvalue weighted by Gasteiger charge is 2.12. The van der Waals surface area contributed by atoms with Crippen LogP contribution in [0.4, 0.5) is 5.69 Å². The smallest absolute Gasteiger partial charge is 0.356 e. The van der Waals surface area contributed by atoms with Gasteiger partial charge in [-0.2, -0.15) is 16.9 Å². The molecule has 0 unspecified atom stereocenters. The first-order chi connectivity index (χ1) is 11.5. The van der Waals surface area contributed by atoms with Crippen molar-refractivity contribution in [2.75, 3.05) is 16.8 Å². The molecule has 24 heavy (non-hydrogen) atoms. The minimum Gasteiger partial charge on any atom is -0.476 e. The summed E-state index contributed by atoms with van der Waals surface area (Å²) in [5.41, 5.74) is 1.19. The van der Waals surface area contributed by atoms with E-state index in [4.69, 9.17) is 5.11 Å². The number of thioether (sulfide) groups is 1. The maximum Gasteiger partial charge on any atom is 0.356 e. The minimum absolute atomic E-state index is 0.0413. The molecule has 0 fully saturated rings. The SMILES string of the molecule is CC(C)CCSCC(=O)Nc1ccccc1-n1ccc(C(=O)O)n1. The number of hydrogen-bond donors (Lipinski definition) is 2. The molecule has 2 rings (SSSR count). The summed E-state index contributed by atoms with van der Waals surface area (Å²) >= 11 is 1.61. The first kappa shape index (κ1) is 18.1. The number of rotatable bonds is 8. The van der Waals surface area contributed by atoms with E-state index in [9.17, 15) is 9.59 Å². The fourth-order valence-electron chi connectivity index (χ4n) is 2.02. The molecule has 2 N–H and O–H groups in total. The predicted octanol–water partition coefficient (Wildman–Crippen LogP) is 3.29. The quantitative estimate of drug-likeness (QED) is 0.716. The largest absolute Gasteiger partial charge is 0.476 e. The molecular formula is C17H21N3O3S. The number of benzene rings is 1. The molecule has 1 aromatic carbocycles. The zero-order chi connectivity index (χ0) is 17.5. The van der Waals surface area contributed by atoms with Gasteiger partial charge in [0.1, 0.15) is 0 Å². The Labute approximate surface area is 145 Å². The van der Waals surface area contributed by atoms with Crippen LogP contribution in [0, 0.1) is 5.92 Å². The van der Waals surface area contributed by atoms with Crippen molar-refractivity contribution >= 4 is 29.3 Å². The lowest BCUT2D eigenvalue weighted by Crippen LogP contribution is -2.16. The van der Waals surface area contributed by atoms with Gasteiger partial charge in [-0.1, -0.05) is 26.0 Å². The highest BCUT2D eigenvalue weighted by molar-refractivity contribution is 7.99. The number of hydrogen-bond acceptors (Lipinski definition) is 4. The number of aromatic nitrogens is 2. The van der Waals surface area contributed by atoms with E-state index >= 15 is 0 Å². The number of carbonyl (C=O) groups is 2. The number of nitrogens with zero attached hydrogens (tertiary/aromatic N) is 2. The van der Waals surface area contributed by atoms with Gasteiger partial charge in [0, 0.05) is 6.20 Å². The van der Waals surface area contributed by atoms with Crippen LogP contribution in [-0.2, 0) is 4.79 Å². The van der Waals surface area contributed by atoms with Crippen LogP contribution < -0.4 is 5.32 Å². The second-order valence-electron chi connectivity index (χ2n) is 5.75. The average Bonchev–Trinajstić information content (AvgIpc) is 3.02. The highest BCUT2D eigenvalue weighted by Crippen LogP contribution is 2.20. The number of amides is 1. The minimum atomic E-state index is -1.09. The predicted molar refractivity (Wildman–Crippen MR) is 95.9 cm³/mol. The zero-order valence-electron chi connectivity index (χ0n) is 13.7. The fraction of sp³-hybridized carbons (Fsp3) is 0.353. The van der Waals surface area contributed by atoms with Crippen LogP contribution in [0.2, 0.25) is 0 Å². The normalized spacial score (nSPS) is 10.8. The summed E-state index contributed by atoms with van der Waals surface area (Å²) in [6.45, 7) is 4.32. The summed E-state index contributed by atoms with van der Waals surface area (Å²) in [6.07, 6.45) is 2.64. The molecule has 7 heteroatoms. The van der Waals surface area contributed by atoms with E-state index in [0.29, 0.717) is 23.0 Å². The van der Waals surface area contributed by atoms with E-state index in [1.165, 1.54) is 10.7 Å². The molecule has 1 aromatic heterocycles. The van der Waals surface area contributed by atoms with Crippen molar-refractivity contribution in [2.24, 2.45) is 5.92 Å². The van der Waals surface area contributed by atoms with E-state index in [0.717, 1.165) is 12.2 Å². The molecule has 0 spiro atoms. The maximum atomic E-state index is 12.1. The van der Waals surface area contributed by atoms with Gasteiger partial charge in [0.05, 0.1) is 17.1 Å². The van der Waals surface area contributed by atoms with Crippen LogP contribution in [0.15, 0.2) is 36.5 Å². The second-order valence-corrected chi connectivity index (χ2v) is 6.86. The van der Waals surface area contributed by atoms with Gasteiger partial charge in [0.15, 0.2) is 5.69 Å². The van der Waals surface area contributed by atoms with Gasteiger partial charge >= 0.3 is 5.97 Å². The Hall–Kier alpha value is -2.28. The van der Waals surface area contributed by atoms with Gasteiger partial charge in [0.25, 0.3) is 0 Å². The van der Waals surface area contributed by atoms with Gasteiger partial charge in [0.2, 0.25) is 5.91 Å². The third-order valence-electron chi connectivity index (χ3n) is 3.31. The van der Waals surface area contributed by atoms with Crippen LogP contribution in [0.25, 0.3) is 5.69 Å². The average molecular weight is 347 g/mol. The number of carboxylic acid groups (broad SMARTS) is 1. The van der Waals surface area contributed by atoms with Gasteiger partial charge in [-0.25, -0.2) is 9.48 Å². The number of anilines is 1. The molecule has 2 aromatic rings. The maximum absolute atomic E-state index is 12.1. The van der Waals surface area contributed by atoms with Crippen molar-refractivity contribution < 1.29 is 14.7 Å². The molecule has 0 aliphatic rings. The van der Waals surface area contributed by atoms with E-state index in [1.54, 1.807) is 30.1 Å². The van der Waals surface area contributed by atoms with Crippen molar-refractivity contribution in [1.82, 2.24) is 9.78 Å². The summed E-state index contributed by atoms with van der Waals surface area (Å²) in [5.74, 6) is 0.803. The first-order valence-corrected chi connectivity index (χ1v) is 8.89. The van der Waals surface area contributed by atoms with Gasteiger partial charge in [-0.15, -0.1) is 0 Å². The summed E-state index contributed by atoms with van der Waals surface area (Å²) < 4.78 is 1.45. The monoisotopic (exact) mass is 347 g/mol. The summed E-state index contributed by atoms with van der Waals surface area (Å²) in [4.78, 5) is 23.1. The van der Waals surface area contributed by atoms with Crippen molar-refractivity contribution in [3.63, 3.8) is 0 Å². The number of nitrogens with one attached hydrogen (secondary N) is 1. The van der Waals surface area contributed by atoms with Crippen LogP contribution in [-0.4, -0.2) is 38.3 Å². The summed E-state index contributed by atoms with van der Waals surface area (Å²) in [5, 5.41) is 15.8. The number of aromatic carboxylic acids is 1. The molecule has 6 nitrogen and oxygen atoms in total. The van der Waals surface area contributed by atoms with Gasteiger partial charge < -0.3 is 10.4 Å². The lowest BCUT2D eigenvalue weighted by Gasteiger charge is -2.11. The van der Waals surface area contributed by atoms with Crippen molar-refractivity contribution in [3.05, 3.63) is 42.2 Å². The Morgan fingerprint density at radius 3 is 2.71 bits per heavy atom. The molecule has 128 valence electrons. The molecule has 0 radical (unpaired) electrons. The Morgan fingerprint density at radius 2 is 2.04 bits per heavy atom. The van der Waals surface area contributed by atoms with E-state index in [2.05, 4.69) is 24.3 Å². The molecule has 0 bridgehead atoms. The van der Waals surface area contributed by atoms with E-state index in [-0.39, 0.29) is 11.6 Å². The highest BCUT2D eigenvalue weighted by atomic mass is 32.2. The third-order valence-corrected chi connectivity index (χ3v) is 4.30.